The molecule has 5 nitrogen and oxygen atoms in total. The first-order valence-corrected chi connectivity index (χ1v) is 4.96. The van der Waals surface area contributed by atoms with Crippen LogP contribution in [0.2, 0.25) is 0 Å². The molecule has 0 aliphatic carbocycles. The number of nitrogens with one attached hydrogen (secondary N) is 2. The predicted octanol–water partition coefficient (Wildman–Crippen LogP) is 0.104. The molecule has 1 aliphatic heterocycles. The van der Waals surface area contributed by atoms with E-state index in [1.807, 2.05) is 6.92 Å². The highest BCUT2D eigenvalue weighted by atomic mass is 16.2. The van der Waals surface area contributed by atoms with Crippen molar-refractivity contribution in [3.05, 3.63) is 0 Å². The summed E-state index contributed by atoms with van der Waals surface area (Å²) in [4.78, 5) is 22.3. The van der Waals surface area contributed by atoms with E-state index in [4.69, 9.17) is 5.73 Å². The Kier molecular flexibility index (Phi) is 3.46. The van der Waals surface area contributed by atoms with Gasteiger partial charge in [0, 0.05) is 0 Å². The summed E-state index contributed by atoms with van der Waals surface area (Å²) in [6.45, 7) is 2.84. The number of rotatable bonds is 3. The van der Waals surface area contributed by atoms with Crippen LogP contribution in [-0.2, 0) is 4.79 Å². The van der Waals surface area contributed by atoms with Gasteiger partial charge in [0.2, 0.25) is 5.91 Å². The van der Waals surface area contributed by atoms with Gasteiger partial charge in [-0.2, -0.15) is 0 Å². The van der Waals surface area contributed by atoms with Crippen LogP contribution in [0.1, 0.15) is 32.6 Å². The third kappa shape index (κ3) is 2.23. The normalized spacial score (nSPS) is 26.1. The van der Waals surface area contributed by atoms with E-state index < -0.39 is 11.6 Å². The molecule has 0 spiro atoms. The van der Waals surface area contributed by atoms with Crippen molar-refractivity contribution in [2.24, 2.45) is 5.73 Å². The van der Waals surface area contributed by atoms with Crippen LogP contribution >= 0.6 is 0 Å². The molecule has 1 rings (SSSR count). The fraction of sp³-hybridized carbons (Fsp3) is 0.778. The topological polar surface area (TPSA) is 84.2 Å². The molecule has 0 aromatic rings. The van der Waals surface area contributed by atoms with Crippen molar-refractivity contribution in [2.75, 3.05) is 6.54 Å². The molecular weight excluding hydrogens is 182 g/mol. The summed E-state index contributed by atoms with van der Waals surface area (Å²) in [5.41, 5.74) is 4.35. The van der Waals surface area contributed by atoms with Gasteiger partial charge in [-0.25, -0.2) is 4.79 Å². The van der Waals surface area contributed by atoms with Gasteiger partial charge in [-0.1, -0.05) is 13.3 Å². The maximum absolute atomic E-state index is 11.7. The minimum Gasteiger partial charge on any atom is -0.351 e. The van der Waals surface area contributed by atoms with E-state index in [-0.39, 0.29) is 5.91 Å². The zero-order valence-electron chi connectivity index (χ0n) is 8.43. The van der Waals surface area contributed by atoms with Gasteiger partial charge in [0.25, 0.3) is 0 Å². The highest BCUT2D eigenvalue weighted by molar-refractivity contribution is 5.98. The Morgan fingerprint density at radius 3 is 2.71 bits per heavy atom. The Labute approximate surface area is 83.4 Å². The summed E-state index contributed by atoms with van der Waals surface area (Å²) >= 11 is 0. The third-order valence-corrected chi connectivity index (χ3v) is 2.59. The van der Waals surface area contributed by atoms with Gasteiger partial charge in [0.1, 0.15) is 0 Å². The lowest BCUT2D eigenvalue weighted by Crippen LogP contribution is -2.55. The number of primary amides is 1. The number of hydrogen-bond acceptors (Lipinski definition) is 3. The average Bonchev–Trinajstić information content (AvgIpc) is 2.53. The number of amides is 3. The van der Waals surface area contributed by atoms with Crippen LogP contribution in [-0.4, -0.2) is 24.0 Å². The number of hydrogen-bond donors (Lipinski definition) is 3. The van der Waals surface area contributed by atoms with Gasteiger partial charge in [0.05, 0.1) is 5.54 Å². The summed E-state index contributed by atoms with van der Waals surface area (Å²) in [5.74, 6) is -0.288. The van der Waals surface area contributed by atoms with Crippen molar-refractivity contribution in [3.63, 3.8) is 0 Å². The van der Waals surface area contributed by atoms with E-state index in [0.29, 0.717) is 0 Å². The number of urea groups is 1. The predicted molar refractivity (Wildman–Crippen MR) is 52.6 cm³/mol. The van der Waals surface area contributed by atoms with Crippen molar-refractivity contribution in [2.45, 2.75) is 38.1 Å². The van der Waals surface area contributed by atoms with Gasteiger partial charge in [-0.3, -0.25) is 10.1 Å². The Hall–Kier alpha value is -1.10. The van der Waals surface area contributed by atoms with E-state index in [1.165, 1.54) is 0 Å². The minimum absolute atomic E-state index is 0.288. The standard InChI is InChI=1S/C9H17N3O2/c1-2-4-9(5-3-6-11-9)7(13)12-8(10)14/h11H,2-6H2,1H3,(H3,10,12,13,14). The van der Waals surface area contributed by atoms with Crippen LogP contribution in [0.4, 0.5) is 4.79 Å². The number of imide groups is 1. The van der Waals surface area contributed by atoms with E-state index in [1.54, 1.807) is 0 Å². The quantitative estimate of drug-likeness (QED) is 0.603. The second-order valence-corrected chi connectivity index (χ2v) is 3.68. The Balaban J connectivity index is 2.66. The first-order valence-electron chi connectivity index (χ1n) is 4.96. The molecule has 0 aromatic heterocycles. The Morgan fingerprint density at radius 1 is 1.57 bits per heavy atom. The lowest BCUT2D eigenvalue weighted by Gasteiger charge is -2.26. The molecule has 0 saturated carbocycles. The van der Waals surface area contributed by atoms with Gasteiger partial charge >= 0.3 is 6.03 Å². The van der Waals surface area contributed by atoms with Gasteiger partial charge in [-0.05, 0) is 25.8 Å². The molecule has 1 fully saturated rings. The van der Waals surface area contributed by atoms with Gasteiger partial charge in [0.15, 0.2) is 0 Å². The molecule has 1 aliphatic rings. The minimum atomic E-state index is -0.779. The van der Waals surface area contributed by atoms with Crippen molar-refractivity contribution >= 4 is 11.9 Å². The maximum atomic E-state index is 11.7. The second-order valence-electron chi connectivity index (χ2n) is 3.68. The maximum Gasteiger partial charge on any atom is 0.318 e. The van der Waals surface area contributed by atoms with Gasteiger partial charge < -0.3 is 11.1 Å². The molecule has 1 atom stereocenters. The molecule has 14 heavy (non-hydrogen) atoms. The summed E-state index contributed by atoms with van der Waals surface area (Å²) in [6.07, 6.45) is 3.39. The van der Waals surface area contributed by atoms with Crippen molar-refractivity contribution < 1.29 is 9.59 Å². The fourth-order valence-corrected chi connectivity index (χ4v) is 1.99. The SMILES string of the molecule is CCCC1(C(=O)NC(N)=O)CCCN1. The third-order valence-electron chi connectivity index (χ3n) is 2.59. The first-order chi connectivity index (χ1) is 6.60. The molecule has 0 aromatic carbocycles. The van der Waals surface area contributed by atoms with Crippen LogP contribution < -0.4 is 16.4 Å². The van der Waals surface area contributed by atoms with Crippen LogP contribution in [0, 0.1) is 0 Å². The van der Waals surface area contributed by atoms with E-state index in [9.17, 15) is 9.59 Å². The monoisotopic (exact) mass is 199 g/mol. The molecule has 0 radical (unpaired) electrons. The summed E-state index contributed by atoms with van der Waals surface area (Å²) in [7, 11) is 0. The molecule has 4 N–H and O–H groups in total. The fourth-order valence-electron chi connectivity index (χ4n) is 1.99. The van der Waals surface area contributed by atoms with Crippen LogP contribution in [0.25, 0.3) is 0 Å². The summed E-state index contributed by atoms with van der Waals surface area (Å²) in [5, 5.41) is 5.30. The second kappa shape index (κ2) is 4.41. The molecule has 3 amide bonds. The van der Waals surface area contributed by atoms with Crippen LogP contribution in [0.5, 0.6) is 0 Å². The van der Waals surface area contributed by atoms with Crippen molar-refractivity contribution in [1.82, 2.24) is 10.6 Å². The van der Waals surface area contributed by atoms with Gasteiger partial charge in [-0.15, -0.1) is 0 Å². The highest BCUT2D eigenvalue weighted by Gasteiger charge is 2.40. The number of nitrogens with two attached hydrogens (primary N) is 1. The highest BCUT2D eigenvalue weighted by Crippen LogP contribution is 2.24. The summed E-state index contributed by atoms with van der Waals surface area (Å²) < 4.78 is 0. The van der Waals surface area contributed by atoms with Crippen LogP contribution in [0.15, 0.2) is 0 Å². The largest absolute Gasteiger partial charge is 0.351 e. The molecule has 80 valence electrons. The molecular formula is C9H17N3O2. The van der Waals surface area contributed by atoms with Crippen molar-refractivity contribution in [3.8, 4) is 0 Å². The van der Waals surface area contributed by atoms with E-state index in [2.05, 4.69) is 10.6 Å². The lowest BCUT2D eigenvalue weighted by atomic mass is 9.91. The average molecular weight is 199 g/mol. The van der Waals surface area contributed by atoms with E-state index >= 15 is 0 Å². The smallest absolute Gasteiger partial charge is 0.318 e. The Morgan fingerprint density at radius 2 is 2.29 bits per heavy atom. The molecule has 0 bridgehead atoms. The van der Waals surface area contributed by atoms with Crippen molar-refractivity contribution in [1.29, 1.82) is 0 Å². The Bertz CT molecular complexity index is 234. The number of carbonyl (C=O) groups is 2. The van der Waals surface area contributed by atoms with Crippen LogP contribution in [0.3, 0.4) is 0 Å². The zero-order chi connectivity index (χ0) is 10.6. The molecule has 1 saturated heterocycles. The summed E-state index contributed by atoms with van der Waals surface area (Å²) in [6, 6.07) is -0.779. The molecule has 1 heterocycles. The molecule has 5 heteroatoms. The number of carbonyl (C=O) groups excluding carboxylic acids is 2. The zero-order valence-corrected chi connectivity index (χ0v) is 8.43. The van der Waals surface area contributed by atoms with E-state index in [0.717, 1.165) is 32.2 Å². The lowest BCUT2D eigenvalue weighted by molar-refractivity contribution is -0.126. The molecule has 1 unspecified atom stereocenters. The first kappa shape index (κ1) is 11.0.